The lowest BCUT2D eigenvalue weighted by Crippen LogP contribution is -2.59. The van der Waals surface area contributed by atoms with Crippen LogP contribution in [0.2, 0.25) is 0 Å². The molecule has 17 heavy (non-hydrogen) atoms. The van der Waals surface area contributed by atoms with Gasteiger partial charge >= 0.3 is 0 Å². The first kappa shape index (κ1) is 12.9. The fourth-order valence-corrected chi connectivity index (χ4v) is 3.36. The number of amides is 1. The van der Waals surface area contributed by atoms with Crippen molar-refractivity contribution in [2.24, 2.45) is 11.7 Å². The van der Waals surface area contributed by atoms with E-state index < -0.39 is 5.54 Å². The smallest absolute Gasteiger partial charge is 0.242 e. The van der Waals surface area contributed by atoms with Crippen LogP contribution < -0.4 is 5.73 Å². The Morgan fingerprint density at radius 2 is 1.94 bits per heavy atom. The number of hydrogen-bond donors (Lipinski definition) is 1. The second-order valence-electron chi connectivity index (χ2n) is 6.02. The van der Waals surface area contributed by atoms with E-state index in [9.17, 15) is 4.79 Å². The molecule has 0 aromatic rings. The van der Waals surface area contributed by atoms with E-state index in [2.05, 4.69) is 4.90 Å². The number of fused-ring (bicyclic) bond motifs is 1. The van der Waals surface area contributed by atoms with Gasteiger partial charge in [-0.25, -0.2) is 0 Å². The lowest BCUT2D eigenvalue weighted by molar-refractivity contribution is -0.143. The summed E-state index contributed by atoms with van der Waals surface area (Å²) in [5.74, 6) is 0.922. The summed E-state index contributed by atoms with van der Waals surface area (Å²) in [6.45, 7) is 4.80. The number of hydrogen-bond acceptors (Lipinski definition) is 2. The Morgan fingerprint density at radius 3 is 2.65 bits per heavy atom. The summed E-state index contributed by atoms with van der Waals surface area (Å²) >= 11 is 0. The fraction of sp³-hybridized carbons (Fsp3) is 0.929. The van der Waals surface area contributed by atoms with Crippen LogP contribution >= 0.6 is 0 Å². The van der Waals surface area contributed by atoms with E-state index in [0.29, 0.717) is 6.04 Å². The third-order valence-corrected chi connectivity index (χ3v) is 4.73. The third-order valence-electron chi connectivity index (χ3n) is 4.73. The second-order valence-corrected chi connectivity index (χ2v) is 6.02. The zero-order chi connectivity index (χ0) is 12.5. The number of nitrogens with zero attached hydrogens (tertiary/aromatic N) is 1. The molecule has 0 radical (unpaired) electrons. The molecule has 1 amide bonds. The zero-order valence-electron chi connectivity index (χ0n) is 11.2. The quantitative estimate of drug-likeness (QED) is 0.802. The fourth-order valence-electron chi connectivity index (χ4n) is 3.36. The van der Waals surface area contributed by atoms with E-state index in [-0.39, 0.29) is 5.91 Å². The highest BCUT2D eigenvalue weighted by Crippen LogP contribution is 2.36. The summed E-state index contributed by atoms with van der Waals surface area (Å²) in [4.78, 5) is 14.6. The van der Waals surface area contributed by atoms with Gasteiger partial charge in [-0.2, -0.15) is 0 Å². The van der Waals surface area contributed by atoms with Crippen molar-refractivity contribution < 1.29 is 4.79 Å². The molecule has 0 bridgehead atoms. The molecule has 0 spiro atoms. The highest BCUT2D eigenvalue weighted by Gasteiger charge is 2.40. The molecular formula is C14H26N2O. The van der Waals surface area contributed by atoms with Gasteiger partial charge in [-0.3, -0.25) is 4.79 Å². The molecule has 0 aromatic carbocycles. The summed E-state index contributed by atoms with van der Waals surface area (Å²) < 4.78 is 0. The minimum absolute atomic E-state index is 0.177. The molecule has 1 saturated heterocycles. The van der Waals surface area contributed by atoms with Crippen molar-refractivity contribution in [2.75, 3.05) is 6.54 Å². The highest BCUT2D eigenvalue weighted by molar-refractivity contribution is 5.86. The zero-order valence-corrected chi connectivity index (χ0v) is 11.2. The lowest BCUT2D eigenvalue weighted by Gasteiger charge is -2.46. The summed E-state index contributed by atoms with van der Waals surface area (Å²) in [5, 5.41) is 0. The Balaban J connectivity index is 2.11. The monoisotopic (exact) mass is 238 g/mol. The van der Waals surface area contributed by atoms with Crippen LogP contribution in [-0.2, 0) is 4.79 Å². The van der Waals surface area contributed by atoms with Crippen molar-refractivity contribution in [2.45, 2.75) is 70.4 Å². The van der Waals surface area contributed by atoms with Crippen molar-refractivity contribution in [3.63, 3.8) is 0 Å². The van der Waals surface area contributed by atoms with E-state index in [4.69, 9.17) is 5.73 Å². The van der Waals surface area contributed by atoms with Crippen molar-refractivity contribution in [3.8, 4) is 0 Å². The maximum absolute atomic E-state index is 12.5. The van der Waals surface area contributed by atoms with Crippen LogP contribution in [0.3, 0.4) is 0 Å². The van der Waals surface area contributed by atoms with Gasteiger partial charge in [0.15, 0.2) is 0 Å². The average Bonchev–Trinajstić information content (AvgIpc) is 2.37. The topological polar surface area (TPSA) is 46.3 Å². The molecule has 2 aliphatic rings. The molecule has 98 valence electrons. The van der Waals surface area contributed by atoms with Crippen LogP contribution in [0.25, 0.3) is 0 Å². The van der Waals surface area contributed by atoms with Crippen molar-refractivity contribution in [3.05, 3.63) is 0 Å². The molecule has 3 heteroatoms. The maximum Gasteiger partial charge on any atom is 0.242 e. The van der Waals surface area contributed by atoms with E-state index in [1.54, 1.807) is 0 Å². The number of nitrogens with two attached hydrogens (primary N) is 1. The molecule has 0 aromatic heterocycles. The maximum atomic E-state index is 12.5. The van der Waals surface area contributed by atoms with Gasteiger partial charge in [-0.1, -0.05) is 19.8 Å². The van der Waals surface area contributed by atoms with Crippen LogP contribution in [0.1, 0.15) is 58.8 Å². The molecule has 1 aliphatic carbocycles. The van der Waals surface area contributed by atoms with E-state index in [0.717, 1.165) is 25.3 Å². The average molecular weight is 238 g/mol. The van der Waals surface area contributed by atoms with Gasteiger partial charge in [0, 0.05) is 12.6 Å². The number of carbonyl (C=O) groups excluding carboxylic acids is 1. The SMILES string of the molecule is CCC(C)(N)C(=O)N1CCC[C@H]2CCCC[C@H]21. The number of piperidine rings is 1. The van der Waals surface area contributed by atoms with E-state index in [1.165, 1.54) is 32.1 Å². The largest absolute Gasteiger partial charge is 0.338 e. The highest BCUT2D eigenvalue weighted by atomic mass is 16.2. The first-order valence-electron chi connectivity index (χ1n) is 7.16. The molecule has 1 aliphatic heterocycles. The third kappa shape index (κ3) is 2.49. The molecule has 1 saturated carbocycles. The van der Waals surface area contributed by atoms with Crippen LogP contribution in [0.4, 0.5) is 0 Å². The molecule has 3 nitrogen and oxygen atoms in total. The summed E-state index contributed by atoms with van der Waals surface area (Å²) in [6, 6.07) is 0.486. The van der Waals surface area contributed by atoms with Gasteiger partial charge in [-0.05, 0) is 44.9 Å². The van der Waals surface area contributed by atoms with Crippen LogP contribution in [0, 0.1) is 5.92 Å². The van der Waals surface area contributed by atoms with Crippen molar-refractivity contribution in [1.82, 2.24) is 4.90 Å². The molecular weight excluding hydrogens is 212 g/mol. The molecule has 2 fully saturated rings. The Kier molecular flexibility index (Phi) is 3.76. The van der Waals surface area contributed by atoms with Crippen molar-refractivity contribution >= 4 is 5.91 Å². The predicted molar refractivity (Wildman–Crippen MR) is 69.6 cm³/mol. The molecule has 1 unspecified atom stereocenters. The number of carbonyl (C=O) groups is 1. The van der Waals surface area contributed by atoms with Gasteiger partial charge in [0.25, 0.3) is 0 Å². The van der Waals surface area contributed by atoms with Gasteiger partial charge in [-0.15, -0.1) is 0 Å². The minimum Gasteiger partial charge on any atom is -0.338 e. The summed E-state index contributed by atoms with van der Waals surface area (Å²) in [6.07, 6.45) is 8.31. The Labute approximate surface area is 105 Å². The van der Waals surface area contributed by atoms with Crippen molar-refractivity contribution in [1.29, 1.82) is 0 Å². The standard InChI is InChI=1S/C14H26N2O/c1-3-14(2,15)13(17)16-10-6-8-11-7-4-5-9-12(11)16/h11-12H,3-10,15H2,1-2H3/t11-,12-,14?/m1/s1. The van der Waals surface area contributed by atoms with Gasteiger partial charge < -0.3 is 10.6 Å². The van der Waals surface area contributed by atoms with Crippen LogP contribution in [-0.4, -0.2) is 28.9 Å². The first-order valence-corrected chi connectivity index (χ1v) is 7.16. The van der Waals surface area contributed by atoms with E-state index in [1.807, 2.05) is 13.8 Å². The Bertz CT molecular complexity index is 286. The van der Waals surface area contributed by atoms with Crippen LogP contribution in [0.5, 0.6) is 0 Å². The summed E-state index contributed by atoms with van der Waals surface area (Å²) in [7, 11) is 0. The molecule has 2 rings (SSSR count). The second kappa shape index (κ2) is 4.97. The number of rotatable bonds is 2. The predicted octanol–water partition coefficient (Wildman–Crippen LogP) is 2.29. The lowest BCUT2D eigenvalue weighted by atomic mass is 9.77. The summed E-state index contributed by atoms with van der Waals surface area (Å²) in [5.41, 5.74) is 5.45. The minimum atomic E-state index is -0.667. The Morgan fingerprint density at radius 1 is 1.29 bits per heavy atom. The van der Waals surface area contributed by atoms with Gasteiger partial charge in [0.2, 0.25) is 5.91 Å². The molecule has 3 atom stereocenters. The normalized spacial score (nSPS) is 32.8. The van der Waals surface area contributed by atoms with Gasteiger partial charge in [0.05, 0.1) is 5.54 Å². The first-order chi connectivity index (χ1) is 8.06. The van der Waals surface area contributed by atoms with Crippen LogP contribution in [0.15, 0.2) is 0 Å². The number of likely N-dealkylation sites (tertiary alicyclic amines) is 1. The van der Waals surface area contributed by atoms with Gasteiger partial charge in [0.1, 0.15) is 0 Å². The van der Waals surface area contributed by atoms with E-state index >= 15 is 0 Å². The Hall–Kier alpha value is -0.570. The molecule has 2 N–H and O–H groups in total. The molecule has 1 heterocycles.